The third-order valence-corrected chi connectivity index (χ3v) is 4.86. The highest BCUT2D eigenvalue weighted by Crippen LogP contribution is 2.22. The molecule has 0 bridgehead atoms. The minimum absolute atomic E-state index is 0.0607. The second kappa shape index (κ2) is 6.99. The standard InChI is InChI=1S/C16H23NOS/c1-13-7-6-10-17(11-13)16(18)14(2)19-12-15-8-4-3-5-9-15/h3-5,8-9,13-14H,6-7,10-12H2,1-2H3/t13-,14+/m0/s1. The largest absolute Gasteiger partial charge is 0.341 e. The van der Waals surface area contributed by atoms with Crippen LogP contribution < -0.4 is 0 Å². The van der Waals surface area contributed by atoms with Gasteiger partial charge in [-0.1, -0.05) is 37.3 Å². The van der Waals surface area contributed by atoms with Gasteiger partial charge in [-0.15, -0.1) is 11.8 Å². The quantitative estimate of drug-likeness (QED) is 0.838. The molecule has 1 aromatic rings. The third-order valence-electron chi connectivity index (χ3n) is 3.66. The zero-order valence-electron chi connectivity index (χ0n) is 11.8. The fraction of sp³-hybridized carbons (Fsp3) is 0.562. The van der Waals surface area contributed by atoms with Crippen molar-refractivity contribution in [2.75, 3.05) is 13.1 Å². The predicted octanol–water partition coefficient (Wildman–Crippen LogP) is 3.57. The Morgan fingerprint density at radius 2 is 2.16 bits per heavy atom. The summed E-state index contributed by atoms with van der Waals surface area (Å²) in [6, 6.07) is 10.4. The molecular formula is C16H23NOS. The lowest BCUT2D eigenvalue weighted by atomic mass is 10.0. The highest BCUT2D eigenvalue weighted by molar-refractivity contribution is 7.99. The molecule has 0 unspecified atom stereocenters. The monoisotopic (exact) mass is 277 g/mol. The number of piperidine rings is 1. The van der Waals surface area contributed by atoms with Gasteiger partial charge in [-0.05, 0) is 31.2 Å². The summed E-state index contributed by atoms with van der Waals surface area (Å²) < 4.78 is 0. The predicted molar refractivity (Wildman–Crippen MR) is 82.2 cm³/mol. The zero-order valence-corrected chi connectivity index (χ0v) is 12.7. The average molecular weight is 277 g/mol. The SMILES string of the molecule is C[C@H]1CCCN(C(=O)[C@@H](C)SCc2ccccc2)C1. The van der Waals surface area contributed by atoms with E-state index in [1.165, 1.54) is 12.0 Å². The molecule has 19 heavy (non-hydrogen) atoms. The molecule has 104 valence electrons. The number of carbonyl (C=O) groups is 1. The maximum absolute atomic E-state index is 12.4. The Balaban J connectivity index is 1.82. The minimum atomic E-state index is 0.0607. The molecule has 0 spiro atoms. The van der Waals surface area contributed by atoms with Gasteiger partial charge in [-0.25, -0.2) is 0 Å². The number of nitrogens with zero attached hydrogens (tertiary/aromatic N) is 1. The van der Waals surface area contributed by atoms with Crippen molar-refractivity contribution >= 4 is 17.7 Å². The van der Waals surface area contributed by atoms with E-state index in [1.807, 2.05) is 13.0 Å². The van der Waals surface area contributed by atoms with E-state index in [-0.39, 0.29) is 5.25 Å². The van der Waals surface area contributed by atoms with Gasteiger partial charge in [0.15, 0.2) is 0 Å². The fourth-order valence-electron chi connectivity index (χ4n) is 2.51. The van der Waals surface area contributed by atoms with Gasteiger partial charge in [0, 0.05) is 18.8 Å². The van der Waals surface area contributed by atoms with Crippen molar-refractivity contribution in [3.8, 4) is 0 Å². The molecule has 2 rings (SSSR count). The first-order valence-electron chi connectivity index (χ1n) is 7.11. The van der Waals surface area contributed by atoms with Crippen molar-refractivity contribution in [3.05, 3.63) is 35.9 Å². The summed E-state index contributed by atoms with van der Waals surface area (Å²) in [7, 11) is 0. The van der Waals surface area contributed by atoms with E-state index in [2.05, 4.69) is 36.1 Å². The van der Waals surface area contributed by atoms with E-state index in [0.717, 1.165) is 25.3 Å². The summed E-state index contributed by atoms with van der Waals surface area (Å²) in [4.78, 5) is 14.4. The van der Waals surface area contributed by atoms with Gasteiger partial charge < -0.3 is 4.90 Å². The summed E-state index contributed by atoms with van der Waals surface area (Å²) in [5, 5.41) is 0.0607. The smallest absolute Gasteiger partial charge is 0.235 e. The molecule has 0 radical (unpaired) electrons. The van der Waals surface area contributed by atoms with Crippen LogP contribution in [0.15, 0.2) is 30.3 Å². The maximum atomic E-state index is 12.4. The molecule has 2 nitrogen and oxygen atoms in total. The first kappa shape index (κ1) is 14.4. The molecule has 0 aromatic heterocycles. The van der Waals surface area contributed by atoms with Crippen LogP contribution in [0, 0.1) is 5.92 Å². The average Bonchev–Trinajstić information content (AvgIpc) is 2.45. The molecule has 1 aromatic carbocycles. The van der Waals surface area contributed by atoms with Crippen LogP contribution in [-0.4, -0.2) is 29.1 Å². The van der Waals surface area contributed by atoms with Crippen molar-refractivity contribution in [1.82, 2.24) is 4.90 Å². The van der Waals surface area contributed by atoms with Gasteiger partial charge in [0.25, 0.3) is 0 Å². The molecule has 1 saturated heterocycles. The van der Waals surface area contributed by atoms with Crippen molar-refractivity contribution < 1.29 is 4.79 Å². The molecule has 3 heteroatoms. The molecule has 1 aliphatic rings. The summed E-state index contributed by atoms with van der Waals surface area (Å²) in [5.41, 5.74) is 1.29. The van der Waals surface area contributed by atoms with E-state index in [9.17, 15) is 4.79 Å². The van der Waals surface area contributed by atoms with Gasteiger partial charge in [0.2, 0.25) is 5.91 Å². The van der Waals surface area contributed by atoms with E-state index >= 15 is 0 Å². The molecule has 1 aliphatic heterocycles. The van der Waals surface area contributed by atoms with E-state index < -0.39 is 0 Å². The lowest BCUT2D eigenvalue weighted by Crippen LogP contribution is -2.42. The number of amides is 1. The van der Waals surface area contributed by atoms with Gasteiger partial charge >= 0.3 is 0 Å². The normalized spacial score (nSPS) is 21.2. The van der Waals surface area contributed by atoms with Gasteiger partial charge in [-0.3, -0.25) is 4.79 Å². The minimum Gasteiger partial charge on any atom is -0.341 e. The number of likely N-dealkylation sites (tertiary alicyclic amines) is 1. The first-order valence-corrected chi connectivity index (χ1v) is 8.16. The lowest BCUT2D eigenvalue weighted by molar-refractivity contribution is -0.131. The van der Waals surface area contributed by atoms with E-state index in [4.69, 9.17) is 0 Å². The number of hydrogen-bond donors (Lipinski definition) is 0. The molecule has 1 heterocycles. The Labute approximate surface area is 120 Å². The highest BCUT2D eigenvalue weighted by Gasteiger charge is 2.24. The number of carbonyl (C=O) groups excluding carboxylic acids is 1. The Morgan fingerprint density at radius 1 is 1.42 bits per heavy atom. The number of rotatable bonds is 4. The van der Waals surface area contributed by atoms with Crippen LogP contribution in [0.3, 0.4) is 0 Å². The van der Waals surface area contributed by atoms with Crippen LogP contribution in [0.2, 0.25) is 0 Å². The van der Waals surface area contributed by atoms with Crippen LogP contribution >= 0.6 is 11.8 Å². The molecule has 0 aliphatic carbocycles. The Bertz CT molecular complexity index is 406. The molecular weight excluding hydrogens is 254 g/mol. The Kier molecular flexibility index (Phi) is 5.32. The van der Waals surface area contributed by atoms with Crippen molar-refractivity contribution in [3.63, 3.8) is 0 Å². The summed E-state index contributed by atoms with van der Waals surface area (Å²) in [6.45, 7) is 6.16. The lowest BCUT2D eigenvalue weighted by Gasteiger charge is -2.32. The molecule has 2 atom stereocenters. The van der Waals surface area contributed by atoms with E-state index in [1.54, 1.807) is 11.8 Å². The summed E-state index contributed by atoms with van der Waals surface area (Å²) >= 11 is 1.74. The third kappa shape index (κ3) is 4.27. The first-order chi connectivity index (χ1) is 9.16. The maximum Gasteiger partial charge on any atom is 0.235 e. The number of thioether (sulfide) groups is 1. The Morgan fingerprint density at radius 3 is 2.84 bits per heavy atom. The number of benzene rings is 1. The fourth-order valence-corrected chi connectivity index (χ4v) is 3.44. The van der Waals surface area contributed by atoms with Crippen molar-refractivity contribution in [2.24, 2.45) is 5.92 Å². The van der Waals surface area contributed by atoms with Crippen molar-refractivity contribution in [2.45, 2.75) is 37.7 Å². The zero-order chi connectivity index (χ0) is 13.7. The molecule has 1 amide bonds. The Hall–Kier alpha value is -0.960. The summed E-state index contributed by atoms with van der Waals surface area (Å²) in [5.74, 6) is 1.88. The van der Waals surface area contributed by atoms with Gasteiger partial charge in [-0.2, -0.15) is 0 Å². The van der Waals surface area contributed by atoms with Crippen LogP contribution in [-0.2, 0) is 10.5 Å². The van der Waals surface area contributed by atoms with Gasteiger partial charge in [0.05, 0.1) is 5.25 Å². The van der Waals surface area contributed by atoms with Crippen LogP contribution in [0.5, 0.6) is 0 Å². The second-order valence-electron chi connectivity index (χ2n) is 5.47. The van der Waals surface area contributed by atoms with Crippen LogP contribution in [0.4, 0.5) is 0 Å². The highest BCUT2D eigenvalue weighted by atomic mass is 32.2. The topological polar surface area (TPSA) is 20.3 Å². The summed E-state index contributed by atoms with van der Waals surface area (Å²) in [6.07, 6.45) is 2.41. The second-order valence-corrected chi connectivity index (χ2v) is 6.80. The van der Waals surface area contributed by atoms with Gasteiger partial charge in [0.1, 0.15) is 0 Å². The number of hydrogen-bond acceptors (Lipinski definition) is 2. The van der Waals surface area contributed by atoms with E-state index in [0.29, 0.717) is 11.8 Å². The van der Waals surface area contributed by atoms with Crippen molar-refractivity contribution in [1.29, 1.82) is 0 Å². The molecule has 0 N–H and O–H groups in total. The van der Waals surface area contributed by atoms with Crippen LogP contribution in [0.1, 0.15) is 32.3 Å². The molecule has 1 fully saturated rings. The van der Waals surface area contributed by atoms with Crippen LogP contribution in [0.25, 0.3) is 0 Å². The molecule has 0 saturated carbocycles.